The topological polar surface area (TPSA) is 111 Å². The number of hydrogen-bond acceptors (Lipinski definition) is 6. The van der Waals surface area contributed by atoms with Gasteiger partial charge < -0.3 is 19.9 Å². The lowest BCUT2D eigenvalue weighted by atomic mass is 10.0. The van der Waals surface area contributed by atoms with E-state index in [1.165, 1.54) is 0 Å². The number of carbonyl (C=O) groups is 2. The van der Waals surface area contributed by atoms with Crippen LogP contribution in [0.2, 0.25) is 0 Å². The average molecular weight is 345 g/mol. The van der Waals surface area contributed by atoms with Crippen LogP contribution >= 0.6 is 0 Å². The Balaban J connectivity index is 2.08. The molecule has 2 unspecified atom stereocenters. The van der Waals surface area contributed by atoms with Crippen molar-refractivity contribution in [3.8, 4) is 5.75 Å². The molecule has 132 valence electrons. The molecule has 0 radical (unpaired) electrons. The zero-order valence-corrected chi connectivity index (χ0v) is 14.1. The summed E-state index contributed by atoms with van der Waals surface area (Å²) in [6.45, 7) is 1.80. The molecule has 8 nitrogen and oxygen atoms in total. The highest BCUT2D eigenvalue weighted by Gasteiger charge is 2.22. The Morgan fingerprint density at radius 3 is 2.16 bits per heavy atom. The van der Waals surface area contributed by atoms with Gasteiger partial charge >= 0.3 is 5.97 Å². The van der Waals surface area contributed by atoms with Crippen molar-refractivity contribution < 1.29 is 24.2 Å². The molecule has 1 aromatic heterocycles. The number of aromatic carboxylic acids is 1. The van der Waals surface area contributed by atoms with Crippen LogP contribution in [-0.4, -0.2) is 47.2 Å². The van der Waals surface area contributed by atoms with E-state index in [0.29, 0.717) is 0 Å². The Labute approximate surface area is 144 Å². The SMILES string of the molecule is COc1ccc(C(OC)C(C)NC(=O)c2cnc(C(=O)O)cn2)cc1. The summed E-state index contributed by atoms with van der Waals surface area (Å²) in [4.78, 5) is 30.5. The first-order valence-corrected chi connectivity index (χ1v) is 7.49. The second-order valence-corrected chi connectivity index (χ2v) is 5.28. The lowest BCUT2D eigenvalue weighted by Crippen LogP contribution is -2.38. The number of benzene rings is 1. The van der Waals surface area contributed by atoms with Crippen molar-refractivity contribution >= 4 is 11.9 Å². The average Bonchev–Trinajstić information content (AvgIpc) is 2.63. The maximum atomic E-state index is 12.3. The Morgan fingerprint density at radius 2 is 1.68 bits per heavy atom. The minimum atomic E-state index is -1.20. The number of carboxylic acids is 1. The number of amides is 1. The smallest absolute Gasteiger partial charge is 0.356 e. The highest BCUT2D eigenvalue weighted by Crippen LogP contribution is 2.23. The zero-order chi connectivity index (χ0) is 18.4. The van der Waals surface area contributed by atoms with Gasteiger partial charge in [-0.3, -0.25) is 4.79 Å². The molecule has 8 heteroatoms. The van der Waals surface area contributed by atoms with E-state index in [-0.39, 0.29) is 23.5 Å². The summed E-state index contributed by atoms with van der Waals surface area (Å²) in [7, 11) is 3.14. The third kappa shape index (κ3) is 4.51. The standard InChI is InChI=1S/C17H19N3O5/c1-10(15(25-3)11-4-6-12(24-2)7-5-11)20-16(21)13-8-19-14(9-18-13)17(22)23/h4-10,15H,1-3H3,(H,20,21)(H,22,23). The first-order valence-electron chi connectivity index (χ1n) is 7.49. The van der Waals surface area contributed by atoms with Crippen LogP contribution in [0.25, 0.3) is 0 Å². The highest BCUT2D eigenvalue weighted by molar-refractivity contribution is 5.92. The summed E-state index contributed by atoms with van der Waals surface area (Å²) in [6.07, 6.45) is 1.79. The Bertz CT molecular complexity index is 731. The van der Waals surface area contributed by atoms with Crippen LogP contribution in [0.4, 0.5) is 0 Å². The number of methoxy groups -OCH3 is 2. The number of ether oxygens (including phenoxy) is 2. The van der Waals surface area contributed by atoms with Crippen molar-refractivity contribution in [3.63, 3.8) is 0 Å². The summed E-state index contributed by atoms with van der Waals surface area (Å²) < 4.78 is 10.6. The van der Waals surface area contributed by atoms with E-state index in [2.05, 4.69) is 15.3 Å². The van der Waals surface area contributed by atoms with Gasteiger partial charge in [-0.2, -0.15) is 0 Å². The molecule has 2 aromatic rings. The molecular formula is C17H19N3O5. The van der Waals surface area contributed by atoms with Crippen molar-refractivity contribution in [1.82, 2.24) is 15.3 Å². The van der Waals surface area contributed by atoms with E-state index in [4.69, 9.17) is 14.6 Å². The van der Waals surface area contributed by atoms with Gasteiger partial charge in [0.15, 0.2) is 5.69 Å². The number of nitrogens with zero attached hydrogens (tertiary/aromatic N) is 2. The lowest BCUT2D eigenvalue weighted by molar-refractivity contribution is 0.0640. The van der Waals surface area contributed by atoms with Crippen molar-refractivity contribution in [3.05, 3.63) is 53.6 Å². The normalized spacial score (nSPS) is 12.9. The number of carbonyl (C=O) groups excluding carboxylic acids is 1. The van der Waals surface area contributed by atoms with Crippen molar-refractivity contribution in [2.45, 2.75) is 19.1 Å². The van der Waals surface area contributed by atoms with Gasteiger partial charge in [0.05, 0.1) is 25.5 Å². The molecule has 1 aromatic carbocycles. The molecule has 0 spiro atoms. The molecule has 2 N–H and O–H groups in total. The predicted octanol–water partition coefficient (Wildman–Crippen LogP) is 1.69. The van der Waals surface area contributed by atoms with E-state index in [0.717, 1.165) is 23.7 Å². The monoisotopic (exact) mass is 345 g/mol. The fourth-order valence-electron chi connectivity index (χ4n) is 2.33. The van der Waals surface area contributed by atoms with Crippen LogP contribution < -0.4 is 10.1 Å². The van der Waals surface area contributed by atoms with Gasteiger partial charge in [-0.1, -0.05) is 12.1 Å². The minimum absolute atomic E-state index is 0.0291. The van der Waals surface area contributed by atoms with Gasteiger partial charge in [0.25, 0.3) is 5.91 Å². The van der Waals surface area contributed by atoms with Crippen LogP contribution in [0, 0.1) is 0 Å². The highest BCUT2D eigenvalue weighted by atomic mass is 16.5. The quantitative estimate of drug-likeness (QED) is 0.785. The Kier molecular flexibility index (Phi) is 6.02. The Morgan fingerprint density at radius 1 is 1.08 bits per heavy atom. The summed E-state index contributed by atoms with van der Waals surface area (Å²) >= 11 is 0. The van der Waals surface area contributed by atoms with E-state index >= 15 is 0 Å². The molecule has 2 rings (SSSR count). The maximum Gasteiger partial charge on any atom is 0.356 e. The number of aromatic nitrogens is 2. The van der Waals surface area contributed by atoms with Crippen LogP contribution in [0.5, 0.6) is 5.75 Å². The van der Waals surface area contributed by atoms with Gasteiger partial charge in [0, 0.05) is 7.11 Å². The Hall–Kier alpha value is -3.00. The lowest BCUT2D eigenvalue weighted by Gasteiger charge is -2.24. The summed E-state index contributed by atoms with van der Waals surface area (Å²) in [5, 5.41) is 11.6. The van der Waals surface area contributed by atoms with Gasteiger partial charge in [-0.25, -0.2) is 14.8 Å². The molecule has 0 saturated heterocycles. The fraction of sp³-hybridized carbons (Fsp3) is 0.294. The van der Waals surface area contributed by atoms with Crippen LogP contribution in [0.3, 0.4) is 0 Å². The predicted molar refractivity (Wildman–Crippen MR) is 88.7 cm³/mol. The summed E-state index contributed by atoms with van der Waals surface area (Å²) in [5.41, 5.74) is 0.683. The maximum absolute atomic E-state index is 12.3. The van der Waals surface area contributed by atoms with Gasteiger partial charge in [0.1, 0.15) is 17.5 Å². The molecule has 0 fully saturated rings. The molecule has 0 aliphatic heterocycles. The third-order valence-corrected chi connectivity index (χ3v) is 3.61. The van der Waals surface area contributed by atoms with E-state index < -0.39 is 11.9 Å². The summed E-state index contributed by atoms with van der Waals surface area (Å²) in [5.74, 6) is -0.941. The fourth-order valence-corrected chi connectivity index (χ4v) is 2.33. The first kappa shape index (κ1) is 18.3. The van der Waals surface area contributed by atoms with E-state index in [9.17, 15) is 9.59 Å². The zero-order valence-electron chi connectivity index (χ0n) is 14.1. The van der Waals surface area contributed by atoms with Gasteiger partial charge in [0.2, 0.25) is 0 Å². The van der Waals surface area contributed by atoms with Gasteiger partial charge in [-0.15, -0.1) is 0 Å². The molecule has 0 aliphatic rings. The van der Waals surface area contributed by atoms with Crippen molar-refractivity contribution in [2.24, 2.45) is 0 Å². The molecule has 2 atom stereocenters. The molecule has 1 amide bonds. The molecule has 1 heterocycles. The molecule has 0 aliphatic carbocycles. The molecule has 0 saturated carbocycles. The third-order valence-electron chi connectivity index (χ3n) is 3.61. The number of rotatable bonds is 7. The van der Waals surface area contributed by atoms with Crippen LogP contribution in [0.15, 0.2) is 36.7 Å². The minimum Gasteiger partial charge on any atom is -0.497 e. The van der Waals surface area contributed by atoms with Gasteiger partial charge in [-0.05, 0) is 24.6 Å². The number of nitrogens with one attached hydrogen (secondary N) is 1. The van der Waals surface area contributed by atoms with Crippen molar-refractivity contribution in [2.75, 3.05) is 14.2 Å². The molecule has 0 bridgehead atoms. The van der Waals surface area contributed by atoms with E-state index in [1.807, 2.05) is 24.3 Å². The van der Waals surface area contributed by atoms with Crippen LogP contribution in [-0.2, 0) is 4.74 Å². The largest absolute Gasteiger partial charge is 0.497 e. The second-order valence-electron chi connectivity index (χ2n) is 5.28. The molecular weight excluding hydrogens is 326 g/mol. The van der Waals surface area contributed by atoms with Crippen LogP contribution in [0.1, 0.15) is 39.6 Å². The first-order chi connectivity index (χ1) is 12.0. The second kappa shape index (κ2) is 8.20. The van der Waals surface area contributed by atoms with Crippen molar-refractivity contribution in [1.29, 1.82) is 0 Å². The molecule has 25 heavy (non-hydrogen) atoms. The summed E-state index contributed by atoms with van der Waals surface area (Å²) in [6, 6.07) is 6.98. The van der Waals surface area contributed by atoms with E-state index in [1.54, 1.807) is 21.1 Å². The number of carboxylic acid groups (broad SMARTS) is 1. The number of hydrogen-bond donors (Lipinski definition) is 2.